The largest absolute Gasteiger partial charge is 0.493 e. The number of fused-ring (bicyclic) bond motifs is 1. The van der Waals surface area contributed by atoms with Gasteiger partial charge in [0.15, 0.2) is 11.5 Å². The van der Waals surface area contributed by atoms with Crippen molar-refractivity contribution < 1.29 is 14.6 Å². The first-order valence-corrected chi connectivity index (χ1v) is 8.76. The summed E-state index contributed by atoms with van der Waals surface area (Å²) in [6.45, 7) is 1.10. The van der Waals surface area contributed by atoms with Crippen LogP contribution in [-0.4, -0.2) is 43.9 Å². The summed E-state index contributed by atoms with van der Waals surface area (Å²) in [7, 11) is 5.73. The van der Waals surface area contributed by atoms with Gasteiger partial charge < -0.3 is 14.6 Å². The highest BCUT2D eigenvalue weighted by atomic mass is 16.5. The predicted octanol–water partition coefficient (Wildman–Crippen LogP) is 2.81. The van der Waals surface area contributed by atoms with Gasteiger partial charge in [0.1, 0.15) is 0 Å². The van der Waals surface area contributed by atoms with Crippen molar-refractivity contribution in [3.8, 4) is 11.5 Å². The molecule has 1 unspecified atom stereocenters. The molecule has 1 atom stereocenters. The third kappa shape index (κ3) is 2.11. The van der Waals surface area contributed by atoms with Crippen molar-refractivity contribution in [2.45, 2.75) is 56.1 Å². The van der Waals surface area contributed by atoms with Crippen LogP contribution >= 0.6 is 0 Å². The number of hydrogen-bond acceptors (Lipinski definition) is 4. The minimum absolute atomic E-state index is 0.137. The van der Waals surface area contributed by atoms with E-state index in [4.69, 9.17) is 9.47 Å². The summed E-state index contributed by atoms with van der Waals surface area (Å²) in [4.78, 5) is 2.50. The fourth-order valence-electron chi connectivity index (χ4n) is 5.19. The number of hydrogen-bond donors (Lipinski definition) is 1. The van der Waals surface area contributed by atoms with Gasteiger partial charge in [0.25, 0.3) is 0 Å². The zero-order valence-electron chi connectivity index (χ0n) is 14.4. The molecule has 1 heterocycles. The number of likely N-dealkylation sites (N-methyl/N-ethyl adjacent to an activating group) is 1. The molecule has 1 aliphatic heterocycles. The van der Waals surface area contributed by atoms with E-state index in [1.807, 2.05) is 0 Å². The molecule has 0 saturated heterocycles. The Bertz CT molecular complexity index is 620. The van der Waals surface area contributed by atoms with Gasteiger partial charge in [-0.05, 0) is 62.8 Å². The number of methoxy groups -OCH3 is 2. The second kappa shape index (κ2) is 5.38. The van der Waals surface area contributed by atoms with E-state index in [0.717, 1.165) is 56.6 Å². The van der Waals surface area contributed by atoms with Crippen LogP contribution < -0.4 is 9.47 Å². The third-order valence-corrected chi connectivity index (χ3v) is 6.42. The van der Waals surface area contributed by atoms with Crippen LogP contribution in [0.2, 0.25) is 0 Å². The van der Waals surface area contributed by atoms with E-state index in [1.54, 1.807) is 14.2 Å². The highest BCUT2D eigenvalue weighted by Crippen LogP contribution is 2.60. The van der Waals surface area contributed by atoms with E-state index < -0.39 is 0 Å². The molecule has 0 radical (unpaired) electrons. The van der Waals surface area contributed by atoms with Gasteiger partial charge in [0, 0.05) is 23.6 Å². The lowest BCUT2D eigenvalue weighted by molar-refractivity contribution is 0.0853. The summed E-state index contributed by atoms with van der Waals surface area (Å²) in [6.07, 6.45) is 5.98. The molecule has 23 heavy (non-hydrogen) atoms. The summed E-state index contributed by atoms with van der Waals surface area (Å²) < 4.78 is 11.5. The lowest BCUT2D eigenvalue weighted by Crippen LogP contribution is -2.34. The van der Waals surface area contributed by atoms with Crippen molar-refractivity contribution in [1.29, 1.82) is 0 Å². The molecule has 4 rings (SSSR count). The molecule has 126 valence electrons. The second-order valence-corrected chi connectivity index (χ2v) is 7.52. The number of nitrogens with zero attached hydrogens (tertiary/aromatic N) is 1. The third-order valence-electron chi connectivity index (χ3n) is 6.42. The Morgan fingerprint density at radius 3 is 2.61 bits per heavy atom. The van der Waals surface area contributed by atoms with Gasteiger partial charge in [-0.3, -0.25) is 4.90 Å². The molecular weight excluding hydrogens is 290 g/mol. The smallest absolute Gasteiger partial charge is 0.164 e. The van der Waals surface area contributed by atoms with Crippen LogP contribution in [0.3, 0.4) is 0 Å². The van der Waals surface area contributed by atoms with Crippen molar-refractivity contribution in [2.75, 3.05) is 27.8 Å². The van der Waals surface area contributed by atoms with E-state index in [2.05, 4.69) is 18.0 Å². The van der Waals surface area contributed by atoms with Gasteiger partial charge >= 0.3 is 0 Å². The average Bonchev–Trinajstić information content (AvgIpc) is 2.90. The lowest BCUT2D eigenvalue weighted by atomic mass is 9.69. The molecule has 0 bridgehead atoms. The van der Waals surface area contributed by atoms with E-state index in [9.17, 15) is 5.11 Å². The monoisotopic (exact) mass is 317 g/mol. The summed E-state index contributed by atoms with van der Waals surface area (Å²) in [5.74, 6) is 1.80. The fourth-order valence-corrected chi connectivity index (χ4v) is 5.19. The number of ether oxygens (including phenoxy) is 2. The number of aliphatic hydroxyl groups excluding tert-OH is 1. The Balaban J connectivity index is 1.93. The molecule has 4 nitrogen and oxygen atoms in total. The minimum atomic E-state index is -0.137. The Morgan fingerprint density at radius 2 is 1.96 bits per heavy atom. The SMILES string of the molecule is COc1cc2c3c(c1OC)C1(CCC(O)CC1)CC3N(C)CC2. The van der Waals surface area contributed by atoms with Crippen LogP contribution in [0.15, 0.2) is 6.07 Å². The first kappa shape index (κ1) is 15.3. The summed E-state index contributed by atoms with van der Waals surface area (Å²) in [6, 6.07) is 2.68. The van der Waals surface area contributed by atoms with Crippen LogP contribution in [0.25, 0.3) is 0 Å². The zero-order valence-corrected chi connectivity index (χ0v) is 14.4. The van der Waals surface area contributed by atoms with Crippen LogP contribution in [0.1, 0.15) is 54.8 Å². The van der Waals surface area contributed by atoms with Crippen molar-refractivity contribution >= 4 is 0 Å². The highest BCUT2D eigenvalue weighted by molar-refractivity contribution is 5.62. The maximum atomic E-state index is 10.0. The molecule has 1 saturated carbocycles. The normalized spacial score (nSPS) is 32.9. The van der Waals surface area contributed by atoms with Gasteiger partial charge in [-0.15, -0.1) is 0 Å². The molecule has 1 N–H and O–H groups in total. The molecule has 1 aromatic carbocycles. The minimum Gasteiger partial charge on any atom is -0.493 e. The predicted molar refractivity (Wildman–Crippen MR) is 89.4 cm³/mol. The molecule has 0 aromatic heterocycles. The molecule has 3 aliphatic rings. The van der Waals surface area contributed by atoms with Crippen LogP contribution in [0.4, 0.5) is 0 Å². The van der Waals surface area contributed by atoms with E-state index >= 15 is 0 Å². The van der Waals surface area contributed by atoms with Crippen molar-refractivity contribution in [3.63, 3.8) is 0 Å². The molecule has 1 spiro atoms. The Hall–Kier alpha value is -1.26. The summed E-state index contributed by atoms with van der Waals surface area (Å²) in [5.41, 5.74) is 4.46. The second-order valence-electron chi connectivity index (χ2n) is 7.52. The molecule has 4 heteroatoms. The van der Waals surface area contributed by atoms with Gasteiger partial charge in [-0.2, -0.15) is 0 Å². The first-order valence-electron chi connectivity index (χ1n) is 8.76. The van der Waals surface area contributed by atoms with Crippen molar-refractivity contribution in [2.24, 2.45) is 0 Å². The quantitative estimate of drug-likeness (QED) is 0.911. The fraction of sp³-hybridized carbons (Fsp3) is 0.684. The van der Waals surface area contributed by atoms with Crippen molar-refractivity contribution in [3.05, 3.63) is 22.8 Å². The summed E-state index contributed by atoms with van der Waals surface area (Å²) >= 11 is 0. The van der Waals surface area contributed by atoms with E-state index in [-0.39, 0.29) is 11.5 Å². The Morgan fingerprint density at radius 1 is 1.22 bits per heavy atom. The number of benzene rings is 1. The summed E-state index contributed by atoms with van der Waals surface area (Å²) in [5, 5.41) is 10.0. The molecule has 2 aliphatic carbocycles. The average molecular weight is 317 g/mol. The van der Waals surface area contributed by atoms with Crippen LogP contribution in [0, 0.1) is 0 Å². The van der Waals surface area contributed by atoms with E-state index in [0.29, 0.717) is 6.04 Å². The maximum Gasteiger partial charge on any atom is 0.164 e. The molecule has 1 aromatic rings. The van der Waals surface area contributed by atoms with Crippen LogP contribution in [0.5, 0.6) is 11.5 Å². The maximum absolute atomic E-state index is 10.0. The molecule has 1 fully saturated rings. The number of rotatable bonds is 2. The zero-order chi connectivity index (χ0) is 16.2. The van der Waals surface area contributed by atoms with Gasteiger partial charge in [-0.1, -0.05) is 0 Å². The molecule has 0 amide bonds. The standard InChI is InChI=1S/C19H27NO3/c1-20-9-6-12-10-15(22-2)18(23-3)17-16(12)14(20)11-19(17)7-4-13(21)5-8-19/h10,13-14,21H,4-9,11H2,1-3H3. The van der Waals surface area contributed by atoms with Crippen molar-refractivity contribution in [1.82, 2.24) is 4.90 Å². The molecular formula is C19H27NO3. The number of aliphatic hydroxyl groups is 1. The van der Waals surface area contributed by atoms with Crippen LogP contribution in [-0.2, 0) is 11.8 Å². The Kier molecular flexibility index (Phi) is 3.58. The van der Waals surface area contributed by atoms with Gasteiger partial charge in [0.05, 0.1) is 20.3 Å². The van der Waals surface area contributed by atoms with E-state index in [1.165, 1.54) is 16.7 Å². The highest BCUT2D eigenvalue weighted by Gasteiger charge is 2.51. The van der Waals surface area contributed by atoms with Gasteiger partial charge in [-0.25, -0.2) is 0 Å². The lowest BCUT2D eigenvalue weighted by Gasteiger charge is -2.38. The topological polar surface area (TPSA) is 41.9 Å². The Labute approximate surface area is 138 Å². The first-order chi connectivity index (χ1) is 11.1. The van der Waals surface area contributed by atoms with Gasteiger partial charge in [0.2, 0.25) is 0 Å².